The first-order valence-corrected chi connectivity index (χ1v) is 5.76. The second-order valence-electron chi connectivity index (χ2n) is 3.49. The van der Waals surface area contributed by atoms with E-state index < -0.39 is 0 Å². The first kappa shape index (κ1) is 12.3. The number of nitrogens with two attached hydrogens (primary N) is 1. The van der Waals surface area contributed by atoms with Gasteiger partial charge in [-0.3, -0.25) is 9.59 Å². The summed E-state index contributed by atoms with van der Waals surface area (Å²) >= 11 is 3.24. The molecule has 2 aromatic heterocycles. The molecule has 0 aliphatic carbocycles. The van der Waals surface area contributed by atoms with Crippen molar-refractivity contribution in [1.82, 2.24) is 9.97 Å². The molecular formula is C11H9BrN4O2. The normalized spacial score (nSPS) is 10.1. The topological polar surface area (TPSA) is 101 Å². The van der Waals surface area contributed by atoms with E-state index in [1.807, 2.05) is 0 Å². The Labute approximate surface area is 110 Å². The van der Waals surface area contributed by atoms with Gasteiger partial charge in [-0.2, -0.15) is 0 Å². The smallest absolute Gasteiger partial charge is 0.258 e. The minimum absolute atomic E-state index is 0.265. The third kappa shape index (κ3) is 2.75. The van der Waals surface area contributed by atoms with Crippen molar-refractivity contribution in [2.45, 2.75) is 0 Å². The van der Waals surface area contributed by atoms with Gasteiger partial charge < -0.3 is 16.0 Å². The van der Waals surface area contributed by atoms with Crippen LogP contribution in [0.5, 0.6) is 0 Å². The van der Waals surface area contributed by atoms with Gasteiger partial charge in [0.15, 0.2) is 0 Å². The first-order valence-electron chi connectivity index (χ1n) is 4.97. The van der Waals surface area contributed by atoms with Crippen LogP contribution in [0.15, 0.2) is 39.9 Å². The van der Waals surface area contributed by atoms with Gasteiger partial charge in [0.2, 0.25) is 5.56 Å². The predicted octanol–water partition coefficient (Wildman–Crippen LogP) is 1.37. The summed E-state index contributed by atoms with van der Waals surface area (Å²) in [6.45, 7) is 0. The van der Waals surface area contributed by atoms with E-state index in [0.29, 0.717) is 21.5 Å². The number of hydrogen-bond donors (Lipinski definition) is 3. The number of aromatic amines is 1. The minimum Gasteiger partial charge on any atom is -0.397 e. The van der Waals surface area contributed by atoms with Crippen molar-refractivity contribution < 1.29 is 4.79 Å². The number of nitrogens with one attached hydrogen (secondary N) is 2. The lowest BCUT2D eigenvalue weighted by Gasteiger charge is -2.06. The Hall–Kier alpha value is -2.15. The van der Waals surface area contributed by atoms with Gasteiger partial charge in [-0.15, -0.1) is 0 Å². The van der Waals surface area contributed by atoms with Gasteiger partial charge in [-0.25, -0.2) is 4.98 Å². The average molecular weight is 309 g/mol. The number of amides is 1. The number of pyridine rings is 2. The van der Waals surface area contributed by atoms with Crippen molar-refractivity contribution in [1.29, 1.82) is 0 Å². The lowest BCUT2D eigenvalue weighted by atomic mass is 10.2. The Morgan fingerprint density at radius 1 is 1.44 bits per heavy atom. The van der Waals surface area contributed by atoms with E-state index in [1.165, 1.54) is 24.5 Å². The zero-order chi connectivity index (χ0) is 13.1. The van der Waals surface area contributed by atoms with Gasteiger partial charge in [0.25, 0.3) is 5.91 Å². The van der Waals surface area contributed by atoms with Gasteiger partial charge in [0.1, 0.15) is 5.82 Å². The van der Waals surface area contributed by atoms with Crippen LogP contribution in [0.25, 0.3) is 0 Å². The number of carbonyl (C=O) groups is 1. The number of hydrogen-bond acceptors (Lipinski definition) is 4. The van der Waals surface area contributed by atoms with Gasteiger partial charge in [0.05, 0.1) is 21.9 Å². The summed E-state index contributed by atoms with van der Waals surface area (Å²) in [6.07, 6.45) is 2.77. The molecule has 0 bridgehead atoms. The molecule has 2 heterocycles. The van der Waals surface area contributed by atoms with Crippen LogP contribution in [0.4, 0.5) is 11.5 Å². The van der Waals surface area contributed by atoms with Crippen molar-refractivity contribution in [3.05, 3.63) is 51.0 Å². The van der Waals surface area contributed by atoms with Crippen molar-refractivity contribution in [3.8, 4) is 0 Å². The molecule has 0 aliphatic heterocycles. The molecule has 6 nitrogen and oxygen atoms in total. The maximum atomic E-state index is 11.8. The highest BCUT2D eigenvalue weighted by atomic mass is 79.9. The highest BCUT2D eigenvalue weighted by Gasteiger charge is 2.09. The third-order valence-corrected chi connectivity index (χ3v) is 2.75. The third-order valence-electron chi connectivity index (χ3n) is 2.14. The molecule has 0 radical (unpaired) electrons. The number of anilines is 2. The molecule has 2 aromatic rings. The summed E-state index contributed by atoms with van der Waals surface area (Å²) in [5.74, 6) is -0.00961. The first-order chi connectivity index (χ1) is 8.56. The van der Waals surface area contributed by atoms with E-state index in [-0.39, 0.29) is 11.5 Å². The quantitative estimate of drug-likeness (QED) is 0.780. The lowest BCUT2D eigenvalue weighted by molar-refractivity contribution is 0.102. The Morgan fingerprint density at radius 3 is 2.83 bits per heavy atom. The van der Waals surface area contributed by atoms with Crippen LogP contribution in [0.2, 0.25) is 0 Å². The van der Waals surface area contributed by atoms with Crippen molar-refractivity contribution >= 4 is 33.3 Å². The molecule has 0 saturated heterocycles. The van der Waals surface area contributed by atoms with Gasteiger partial charge in [0, 0.05) is 12.3 Å². The van der Waals surface area contributed by atoms with Crippen LogP contribution < -0.4 is 16.6 Å². The summed E-state index contributed by atoms with van der Waals surface area (Å²) in [4.78, 5) is 29.1. The molecule has 0 saturated carbocycles. The molecular weight excluding hydrogens is 300 g/mol. The molecule has 0 atom stereocenters. The second kappa shape index (κ2) is 5.01. The van der Waals surface area contributed by atoms with Crippen molar-refractivity contribution in [3.63, 3.8) is 0 Å². The number of nitrogens with zero attached hydrogens (tertiary/aromatic N) is 1. The number of H-pyrrole nitrogens is 1. The molecule has 1 amide bonds. The Kier molecular flexibility index (Phi) is 3.42. The summed E-state index contributed by atoms with van der Waals surface area (Å²) in [6, 6.07) is 4.34. The van der Waals surface area contributed by atoms with Crippen LogP contribution in [0, 0.1) is 0 Å². The number of carbonyl (C=O) groups excluding carboxylic acids is 1. The summed E-state index contributed by atoms with van der Waals surface area (Å²) in [7, 11) is 0. The molecule has 0 spiro atoms. The van der Waals surface area contributed by atoms with Crippen LogP contribution in [0.3, 0.4) is 0 Å². The maximum Gasteiger partial charge on any atom is 0.258 e. The van der Waals surface area contributed by atoms with Crippen molar-refractivity contribution in [2.75, 3.05) is 11.1 Å². The molecule has 92 valence electrons. The van der Waals surface area contributed by atoms with E-state index in [9.17, 15) is 9.59 Å². The molecule has 4 N–H and O–H groups in total. The zero-order valence-corrected chi connectivity index (χ0v) is 10.7. The van der Waals surface area contributed by atoms with E-state index >= 15 is 0 Å². The molecule has 0 aromatic carbocycles. The minimum atomic E-state index is -0.371. The second-order valence-corrected chi connectivity index (χ2v) is 4.35. The van der Waals surface area contributed by atoms with E-state index in [1.54, 1.807) is 6.07 Å². The Morgan fingerprint density at radius 2 is 2.22 bits per heavy atom. The van der Waals surface area contributed by atoms with E-state index in [0.717, 1.165) is 0 Å². The average Bonchev–Trinajstić information content (AvgIpc) is 2.33. The summed E-state index contributed by atoms with van der Waals surface area (Å²) in [5, 5.41) is 2.60. The van der Waals surface area contributed by atoms with Gasteiger partial charge >= 0.3 is 0 Å². The largest absolute Gasteiger partial charge is 0.397 e. The standard InChI is InChI=1S/C11H9BrN4O2/c12-8-3-7(13)5-15-10(8)16-11(18)6-1-2-9(17)14-4-6/h1-5H,13H2,(H,14,17)(H,15,16,18). The highest BCUT2D eigenvalue weighted by molar-refractivity contribution is 9.10. The SMILES string of the molecule is Nc1cnc(NC(=O)c2ccc(=O)[nH]c2)c(Br)c1. The van der Waals surface area contributed by atoms with Crippen LogP contribution >= 0.6 is 15.9 Å². The molecule has 0 aliphatic rings. The molecule has 2 rings (SSSR count). The fraction of sp³-hybridized carbons (Fsp3) is 0. The maximum absolute atomic E-state index is 11.8. The molecule has 7 heteroatoms. The highest BCUT2D eigenvalue weighted by Crippen LogP contribution is 2.22. The zero-order valence-electron chi connectivity index (χ0n) is 9.11. The van der Waals surface area contributed by atoms with Crippen LogP contribution in [-0.2, 0) is 0 Å². The molecule has 18 heavy (non-hydrogen) atoms. The number of nitrogen functional groups attached to an aromatic ring is 1. The van der Waals surface area contributed by atoms with Gasteiger partial charge in [-0.05, 0) is 28.1 Å². The Bertz CT molecular complexity index is 633. The van der Waals surface area contributed by atoms with Gasteiger partial charge in [-0.1, -0.05) is 0 Å². The Balaban J connectivity index is 2.21. The van der Waals surface area contributed by atoms with Crippen LogP contribution in [-0.4, -0.2) is 15.9 Å². The summed E-state index contributed by atoms with van der Waals surface area (Å²) in [5.41, 5.74) is 6.10. The predicted molar refractivity (Wildman–Crippen MR) is 71.4 cm³/mol. The van der Waals surface area contributed by atoms with Crippen molar-refractivity contribution in [2.24, 2.45) is 0 Å². The van der Waals surface area contributed by atoms with E-state index in [2.05, 4.69) is 31.2 Å². The molecule has 0 unspecified atom stereocenters. The van der Waals surface area contributed by atoms with Crippen LogP contribution in [0.1, 0.15) is 10.4 Å². The monoisotopic (exact) mass is 308 g/mol. The molecule has 0 fully saturated rings. The fourth-order valence-corrected chi connectivity index (χ4v) is 1.74. The number of halogens is 1. The lowest BCUT2D eigenvalue weighted by Crippen LogP contribution is -2.15. The number of aromatic nitrogens is 2. The summed E-state index contributed by atoms with van der Waals surface area (Å²) < 4.78 is 0.584. The number of rotatable bonds is 2. The van der Waals surface area contributed by atoms with E-state index in [4.69, 9.17) is 5.73 Å². The fourth-order valence-electron chi connectivity index (χ4n) is 1.28.